The zero-order chi connectivity index (χ0) is 19.9. The minimum Gasteiger partial charge on any atom is -0.504 e. The topological polar surface area (TPSA) is 85.1 Å². The number of pyridine rings is 1. The quantitative estimate of drug-likeness (QED) is 0.714. The van der Waals surface area contributed by atoms with Crippen LogP contribution in [0.15, 0.2) is 48.8 Å². The Balaban J connectivity index is 1.86. The second kappa shape index (κ2) is 6.55. The number of halogens is 3. The Hall–Kier alpha value is -3.56. The van der Waals surface area contributed by atoms with Crippen LogP contribution in [0.3, 0.4) is 0 Å². The smallest absolute Gasteiger partial charge is 0.453 e. The van der Waals surface area contributed by atoms with Gasteiger partial charge in [-0.1, -0.05) is 6.07 Å². The lowest BCUT2D eigenvalue weighted by atomic mass is 10.0. The van der Waals surface area contributed by atoms with Gasteiger partial charge in [0.25, 0.3) is 5.82 Å². The van der Waals surface area contributed by atoms with Crippen molar-refractivity contribution in [1.82, 2.24) is 19.7 Å². The molecule has 144 valence electrons. The van der Waals surface area contributed by atoms with Crippen LogP contribution < -0.4 is 10.1 Å². The summed E-state index contributed by atoms with van der Waals surface area (Å²) >= 11 is 0. The lowest BCUT2D eigenvalue weighted by Gasteiger charge is -2.24. The van der Waals surface area contributed by atoms with Gasteiger partial charge in [-0.2, -0.15) is 18.2 Å². The summed E-state index contributed by atoms with van der Waals surface area (Å²) in [5, 5.41) is 16.4. The van der Waals surface area contributed by atoms with Crippen molar-refractivity contribution in [2.75, 3.05) is 12.4 Å². The molecule has 3 heterocycles. The first kappa shape index (κ1) is 17.8. The number of benzene rings is 1. The van der Waals surface area contributed by atoms with Gasteiger partial charge >= 0.3 is 6.18 Å². The Kier molecular flexibility index (Phi) is 4.17. The predicted molar refractivity (Wildman–Crippen MR) is 93.7 cm³/mol. The van der Waals surface area contributed by atoms with Crippen molar-refractivity contribution in [1.29, 1.82) is 0 Å². The molecule has 2 N–H and O–H groups in total. The highest BCUT2D eigenvalue weighted by molar-refractivity contribution is 5.77. The maximum Gasteiger partial charge on any atom is 0.453 e. The van der Waals surface area contributed by atoms with E-state index in [-0.39, 0.29) is 17.4 Å². The van der Waals surface area contributed by atoms with Gasteiger partial charge in [-0.15, -0.1) is 5.10 Å². The number of hydrogen-bond acceptors (Lipinski definition) is 6. The van der Waals surface area contributed by atoms with E-state index in [4.69, 9.17) is 4.74 Å². The molecular weight excluding hydrogens is 375 g/mol. The van der Waals surface area contributed by atoms with Gasteiger partial charge in [-0.3, -0.25) is 4.98 Å². The molecule has 0 radical (unpaired) electrons. The molecule has 0 saturated carbocycles. The van der Waals surface area contributed by atoms with Gasteiger partial charge in [0.15, 0.2) is 11.5 Å². The van der Waals surface area contributed by atoms with E-state index in [0.717, 1.165) is 10.2 Å². The first-order valence-electron chi connectivity index (χ1n) is 8.16. The standard InChI is InChI=1S/C18H14F3N5O2/c1-28-15-8-11(2-3-14(15)27)13-9-12(10-4-6-22-7-5-10)23-17-24-16(18(19,20)21)25-26(13)17/h2-9,13,27H,1H3,(H,23,24,25). The normalized spacial score (nSPS) is 16.1. The number of phenolic OH excluding ortho intramolecular Hbond substituents is 1. The Morgan fingerprint density at radius 3 is 2.61 bits per heavy atom. The summed E-state index contributed by atoms with van der Waals surface area (Å²) in [6.07, 6.45) is 0.205. The summed E-state index contributed by atoms with van der Waals surface area (Å²) in [6.45, 7) is 0. The third kappa shape index (κ3) is 3.13. The fraction of sp³-hybridized carbons (Fsp3) is 0.167. The van der Waals surface area contributed by atoms with Crippen molar-refractivity contribution < 1.29 is 23.0 Å². The number of ether oxygens (including phenoxy) is 1. The second-order valence-electron chi connectivity index (χ2n) is 6.02. The van der Waals surface area contributed by atoms with Crippen molar-refractivity contribution in [3.05, 3.63) is 65.8 Å². The van der Waals surface area contributed by atoms with E-state index in [1.807, 2.05) is 0 Å². The number of anilines is 1. The van der Waals surface area contributed by atoms with Gasteiger partial charge in [0.05, 0.1) is 7.11 Å². The SMILES string of the molecule is COc1cc(C2C=C(c3ccncc3)Nc3nc(C(F)(F)F)nn32)ccc1O. The van der Waals surface area contributed by atoms with Crippen molar-refractivity contribution in [3.63, 3.8) is 0 Å². The predicted octanol–water partition coefficient (Wildman–Crippen LogP) is 3.46. The number of nitrogens with zero attached hydrogens (tertiary/aromatic N) is 4. The summed E-state index contributed by atoms with van der Waals surface area (Å²) < 4.78 is 45.7. The largest absolute Gasteiger partial charge is 0.504 e. The maximum absolute atomic E-state index is 13.2. The van der Waals surface area contributed by atoms with Gasteiger partial charge in [0.1, 0.15) is 6.04 Å². The van der Waals surface area contributed by atoms with Crippen LogP contribution in [0.2, 0.25) is 0 Å². The number of hydrogen-bond donors (Lipinski definition) is 2. The monoisotopic (exact) mass is 389 g/mol. The number of alkyl halides is 3. The van der Waals surface area contributed by atoms with Crippen LogP contribution in [0.4, 0.5) is 19.1 Å². The molecule has 1 atom stereocenters. The lowest BCUT2D eigenvalue weighted by Crippen LogP contribution is -2.20. The molecule has 0 spiro atoms. The molecule has 0 saturated heterocycles. The number of allylic oxidation sites excluding steroid dienone is 1. The van der Waals surface area contributed by atoms with Gasteiger partial charge < -0.3 is 15.2 Å². The van der Waals surface area contributed by atoms with Crippen molar-refractivity contribution in [3.8, 4) is 11.5 Å². The fourth-order valence-corrected chi connectivity index (χ4v) is 2.93. The van der Waals surface area contributed by atoms with Crippen LogP contribution in [0, 0.1) is 0 Å². The number of methoxy groups -OCH3 is 1. The minimum atomic E-state index is -4.68. The number of nitrogens with one attached hydrogen (secondary N) is 1. The van der Waals surface area contributed by atoms with Gasteiger partial charge in [-0.05, 0) is 35.9 Å². The molecule has 1 aliphatic heterocycles. The van der Waals surface area contributed by atoms with Crippen LogP contribution in [0.5, 0.6) is 11.5 Å². The number of rotatable bonds is 3. The van der Waals surface area contributed by atoms with E-state index in [0.29, 0.717) is 11.3 Å². The van der Waals surface area contributed by atoms with E-state index in [2.05, 4.69) is 20.4 Å². The summed E-state index contributed by atoms with van der Waals surface area (Å²) in [4.78, 5) is 7.56. The third-order valence-electron chi connectivity index (χ3n) is 4.26. The zero-order valence-electron chi connectivity index (χ0n) is 14.5. The molecule has 2 aromatic heterocycles. The molecular formula is C18H14F3N5O2. The van der Waals surface area contributed by atoms with Crippen molar-refractivity contribution in [2.45, 2.75) is 12.2 Å². The second-order valence-corrected chi connectivity index (χ2v) is 6.02. The number of aromatic nitrogens is 4. The Bertz CT molecular complexity index is 1050. The molecule has 1 aromatic carbocycles. The molecule has 28 heavy (non-hydrogen) atoms. The van der Waals surface area contributed by atoms with Crippen LogP contribution in [-0.4, -0.2) is 32.0 Å². The van der Waals surface area contributed by atoms with E-state index >= 15 is 0 Å². The Morgan fingerprint density at radius 1 is 1.18 bits per heavy atom. The third-order valence-corrected chi connectivity index (χ3v) is 4.26. The van der Waals surface area contributed by atoms with Gasteiger partial charge in [0.2, 0.25) is 5.95 Å². The molecule has 7 nitrogen and oxygen atoms in total. The molecule has 10 heteroatoms. The average Bonchev–Trinajstić information content (AvgIpc) is 3.13. The highest BCUT2D eigenvalue weighted by Gasteiger charge is 2.39. The molecule has 0 fully saturated rings. The minimum absolute atomic E-state index is 0.0429. The lowest BCUT2D eigenvalue weighted by molar-refractivity contribution is -0.145. The van der Waals surface area contributed by atoms with E-state index in [1.165, 1.54) is 13.2 Å². The molecule has 4 rings (SSSR count). The van der Waals surface area contributed by atoms with Crippen LogP contribution in [-0.2, 0) is 6.18 Å². The van der Waals surface area contributed by atoms with E-state index in [9.17, 15) is 18.3 Å². The first-order chi connectivity index (χ1) is 13.4. The van der Waals surface area contributed by atoms with Gasteiger partial charge in [-0.25, -0.2) is 4.68 Å². The van der Waals surface area contributed by atoms with Crippen LogP contribution in [0.25, 0.3) is 5.70 Å². The highest BCUT2D eigenvalue weighted by Crippen LogP contribution is 2.37. The fourth-order valence-electron chi connectivity index (χ4n) is 2.93. The molecule has 1 aliphatic rings. The molecule has 0 bridgehead atoms. The zero-order valence-corrected chi connectivity index (χ0v) is 14.5. The number of fused-ring (bicyclic) bond motifs is 1. The van der Waals surface area contributed by atoms with Crippen LogP contribution >= 0.6 is 0 Å². The number of aromatic hydroxyl groups is 1. The van der Waals surface area contributed by atoms with E-state index < -0.39 is 18.0 Å². The van der Waals surface area contributed by atoms with Crippen LogP contribution in [0.1, 0.15) is 23.0 Å². The molecule has 0 aliphatic carbocycles. The summed E-state index contributed by atoms with van der Waals surface area (Å²) in [5.74, 6) is -1.16. The molecule has 0 amide bonds. The van der Waals surface area contributed by atoms with Crippen molar-refractivity contribution in [2.24, 2.45) is 0 Å². The average molecular weight is 389 g/mol. The number of phenols is 1. The maximum atomic E-state index is 13.2. The summed E-state index contributed by atoms with van der Waals surface area (Å²) in [6, 6.07) is 7.31. The van der Waals surface area contributed by atoms with E-state index in [1.54, 1.807) is 42.7 Å². The molecule has 3 aromatic rings. The van der Waals surface area contributed by atoms with Crippen molar-refractivity contribution >= 4 is 11.6 Å². The summed E-state index contributed by atoms with van der Waals surface area (Å²) in [5.41, 5.74) is 1.86. The Labute approximate surface area is 157 Å². The Morgan fingerprint density at radius 2 is 1.93 bits per heavy atom. The van der Waals surface area contributed by atoms with Gasteiger partial charge in [0, 0.05) is 23.7 Å². The first-order valence-corrected chi connectivity index (χ1v) is 8.16. The highest BCUT2D eigenvalue weighted by atomic mass is 19.4. The molecule has 1 unspecified atom stereocenters. The summed E-state index contributed by atoms with van der Waals surface area (Å²) in [7, 11) is 1.39.